The van der Waals surface area contributed by atoms with E-state index in [4.69, 9.17) is 4.74 Å². The molecule has 4 heteroatoms. The van der Waals surface area contributed by atoms with Crippen molar-refractivity contribution < 1.29 is 4.74 Å². The molecule has 2 unspecified atom stereocenters. The van der Waals surface area contributed by atoms with Gasteiger partial charge in [-0.05, 0) is 25.7 Å². The Labute approximate surface area is 109 Å². The smallest absolute Gasteiger partial charge is 0.218 e. The summed E-state index contributed by atoms with van der Waals surface area (Å²) in [6, 6.07) is 2.44. The third kappa shape index (κ3) is 3.59. The van der Waals surface area contributed by atoms with E-state index in [2.05, 4.69) is 22.2 Å². The summed E-state index contributed by atoms with van der Waals surface area (Å²) >= 11 is 0. The van der Waals surface area contributed by atoms with Crippen LogP contribution in [-0.4, -0.2) is 22.6 Å². The fourth-order valence-electron chi connectivity index (χ4n) is 2.65. The molecule has 1 aromatic rings. The predicted molar refractivity (Wildman–Crippen MR) is 72.9 cm³/mol. The zero-order valence-electron chi connectivity index (χ0n) is 11.4. The molecule has 1 heterocycles. The van der Waals surface area contributed by atoms with Crippen LogP contribution in [0.1, 0.15) is 46.0 Å². The lowest BCUT2D eigenvalue weighted by Gasteiger charge is -2.29. The molecule has 1 aliphatic carbocycles. The van der Waals surface area contributed by atoms with Crippen molar-refractivity contribution in [3.05, 3.63) is 12.4 Å². The van der Waals surface area contributed by atoms with Gasteiger partial charge < -0.3 is 10.1 Å². The highest BCUT2D eigenvalue weighted by Crippen LogP contribution is 2.28. The van der Waals surface area contributed by atoms with Gasteiger partial charge in [-0.15, -0.1) is 0 Å². The summed E-state index contributed by atoms with van der Waals surface area (Å²) in [6.07, 6.45) is 8.04. The molecule has 1 aromatic heterocycles. The molecule has 0 aromatic carbocycles. The monoisotopic (exact) mass is 249 g/mol. The van der Waals surface area contributed by atoms with Crippen LogP contribution >= 0.6 is 0 Å². The highest BCUT2D eigenvalue weighted by atomic mass is 16.5. The molecule has 2 rings (SSSR count). The maximum absolute atomic E-state index is 5.39. The minimum Gasteiger partial charge on any atom is -0.478 e. The Morgan fingerprint density at radius 1 is 1.33 bits per heavy atom. The van der Waals surface area contributed by atoms with Crippen molar-refractivity contribution >= 4 is 5.82 Å². The summed E-state index contributed by atoms with van der Waals surface area (Å²) in [5.74, 6) is 2.40. The zero-order chi connectivity index (χ0) is 12.8. The largest absolute Gasteiger partial charge is 0.478 e. The van der Waals surface area contributed by atoms with Crippen LogP contribution < -0.4 is 10.1 Å². The molecular formula is C14H23N3O. The van der Waals surface area contributed by atoms with Gasteiger partial charge in [-0.25, -0.2) is 9.97 Å². The van der Waals surface area contributed by atoms with Crippen LogP contribution in [0.4, 0.5) is 5.82 Å². The van der Waals surface area contributed by atoms with Crippen molar-refractivity contribution in [2.24, 2.45) is 5.92 Å². The van der Waals surface area contributed by atoms with E-state index >= 15 is 0 Å². The lowest BCUT2D eigenvalue weighted by atomic mass is 9.84. The molecule has 0 spiro atoms. The quantitative estimate of drug-likeness (QED) is 0.870. The van der Waals surface area contributed by atoms with Crippen LogP contribution in [0, 0.1) is 5.92 Å². The summed E-state index contributed by atoms with van der Waals surface area (Å²) in [5.41, 5.74) is 0. The molecule has 1 saturated carbocycles. The first-order chi connectivity index (χ1) is 8.81. The Bertz CT molecular complexity index is 370. The maximum atomic E-state index is 5.39. The van der Waals surface area contributed by atoms with E-state index in [1.165, 1.54) is 32.1 Å². The van der Waals surface area contributed by atoms with E-state index in [1.807, 2.05) is 13.0 Å². The van der Waals surface area contributed by atoms with E-state index in [0.29, 0.717) is 18.5 Å². The molecule has 0 radical (unpaired) electrons. The van der Waals surface area contributed by atoms with E-state index in [1.54, 1.807) is 6.33 Å². The average Bonchev–Trinajstić information content (AvgIpc) is 2.40. The van der Waals surface area contributed by atoms with Gasteiger partial charge in [0.25, 0.3) is 0 Å². The molecule has 0 aliphatic heterocycles. The number of hydrogen-bond donors (Lipinski definition) is 1. The number of aromatic nitrogens is 2. The first-order valence-electron chi connectivity index (χ1n) is 7.03. The Kier molecular flexibility index (Phi) is 4.79. The van der Waals surface area contributed by atoms with Gasteiger partial charge in [-0.1, -0.05) is 26.2 Å². The normalized spacial score (nSPS) is 23.7. The van der Waals surface area contributed by atoms with Gasteiger partial charge in [-0.2, -0.15) is 0 Å². The van der Waals surface area contributed by atoms with Crippen LogP contribution in [0.5, 0.6) is 5.88 Å². The van der Waals surface area contributed by atoms with E-state index in [0.717, 1.165) is 11.7 Å². The standard InChI is InChI=1S/C14H23N3O/c1-3-11-6-5-7-12(8-11)17-13-9-14(18-4-2)16-10-15-13/h9-12H,3-8H2,1-2H3,(H,15,16,17). The minimum absolute atomic E-state index is 0.549. The third-order valence-corrected chi connectivity index (χ3v) is 3.65. The first kappa shape index (κ1) is 13.1. The molecule has 1 N–H and O–H groups in total. The second-order valence-electron chi connectivity index (χ2n) is 4.96. The highest BCUT2D eigenvalue weighted by Gasteiger charge is 2.20. The van der Waals surface area contributed by atoms with Crippen molar-refractivity contribution in [1.29, 1.82) is 0 Å². The van der Waals surface area contributed by atoms with Gasteiger partial charge in [0.2, 0.25) is 5.88 Å². The number of nitrogens with one attached hydrogen (secondary N) is 1. The molecular weight excluding hydrogens is 226 g/mol. The van der Waals surface area contributed by atoms with Crippen molar-refractivity contribution in [3.8, 4) is 5.88 Å². The second kappa shape index (κ2) is 6.57. The minimum atomic E-state index is 0.549. The number of ether oxygens (including phenoxy) is 1. The summed E-state index contributed by atoms with van der Waals surface area (Å²) in [5, 5.41) is 3.51. The van der Waals surface area contributed by atoms with Gasteiger partial charge in [0, 0.05) is 12.1 Å². The van der Waals surface area contributed by atoms with Crippen LogP contribution in [-0.2, 0) is 0 Å². The maximum Gasteiger partial charge on any atom is 0.218 e. The molecule has 0 bridgehead atoms. The van der Waals surface area contributed by atoms with E-state index < -0.39 is 0 Å². The van der Waals surface area contributed by atoms with Crippen molar-refractivity contribution in [2.75, 3.05) is 11.9 Å². The van der Waals surface area contributed by atoms with Crippen molar-refractivity contribution in [2.45, 2.75) is 52.0 Å². The van der Waals surface area contributed by atoms with E-state index in [-0.39, 0.29) is 0 Å². The first-order valence-corrected chi connectivity index (χ1v) is 7.03. The molecule has 2 atom stereocenters. The van der Waals surface area contributed by atoms with Gasteiger partial charge in [-0.3, -0.25) is 0 Å². The summed E-state index contributed by atoms with van der Waals surface area (Å²) in [6.45, 7) is 4.88. The highest BCUT2D eigenvalue weighted by molar-refractivity contribution is 5.38. The van der Waals surface area contributed by atoms with Gasteiger partial charge in [0.15, 0.2) is 0 Å². The van der Waals surface area contributed by atoms with Gasteiger partial charge in [0.05, 0.1) is 6.61 Å². The fourth-order valence-corrected chi connectivity index (χ4v) is 2.65. The zero-order valence-corrected chi connectivity index (χ0v) is 11.4. The molecule has 0 amide bonds. The Balaban J connectivity index is 1.93. The summed E-state index contributed by atoms with van der Waals surface area (Å²) in [7, 11) is 0. The lowest BCUT2D eigenvalue weighted by Crippen LogP contribution is -2.27. The van der Waals surface area contributed by atoms with Gasteiger partial charge in [0.1, 0.15) is 12.1 Å². The van der Waals surface area contributed by atoms with E-state index in [9.17, 15) is 0 Å². The summed E-state index contributed by atoms with van der Waals surface area (Å²) in [4.78, 5) is 8.34. The molecule has 1 fully saturated rings. The van der Waals surface area contributed by atoms with Crippen molar-refractivity contribution in [3.63, 3.8) is 0 Å². The molecule has 100 valence electrons. The SMILES string of the molecule is CCOc1cc(NC2CCCC(CC)C2)ncn1. The number of nitrogens with zero attached hydrogens (tertiary/aromatic N) is 2. The molecule has 0 saturated heterocycles. The predicted octanol–water partition coefficient (Wildman–Crippen LogP) is 3.26. The Morgan fingerprint density at radius 3 is 3.00 bits per heavy atom. The van der Waals surface area contributed by atoms with Crippen LogP contribution in [0.2, 0.25) is 0 Å². The van der Waals surface area contributed by atoms with Crippen LogP contribution in [0.15, 0.2) is 12.4 Å². The van der Waals surface area contributed by atoms with Crippen molar-refractivity contribution in [1.82, 2.24) is 9.97 Å². The van der Waals surface area contributed by atoms with Crippen LogP contribution in [0.3, 0.4) is 0 Å². The van der Waals surface area contributed by atoms with Crippen LogP contribution in [0.25, 0.3) is 0 Å². The Hall–Kier alpha value is -1.32. The number of rotatable bonds is 5. The molecule has 18 heavy (non-hydrogen) atoms. The fraction of sp³-hybridized carbons (Fsp3) is 0.714. The summed E-state index contributed by atoms with van der Waals surface area (Å²) < 4.78 is 5.39. The Morgan fingerprint density at radius 2 is 2.22 bits per heavy atom. The molecule has 1 aliphatic rings. The topological polar surface area (TPSA) is 47.0 Å². The lowest BCUT2D eigenvalue weighted by molar-refractivity contribution is 0.323. The number of hydrogen-bond acceptors (Lipinski definition) is 4. The third-order valence-electron chi connectivity index (χ3n) is 3.65. The second-order valence-corrected chi connectivity index (χ2v) is 4.96. The van der Waals surface area contributed by atoms with Gasteiger partial charge >= 0.3 is 0 Å². The number of anilines is 1. The molecule has 4 nitrogen and oxygen atoms in total. The average molecular weight is 249 g/mol.